The lowest BCUT2D eigenvalue weighted by Gasteiger charge is -2.39. The van der Waals surface area contributed by atoms with Crippen molar-refractivity contribution in [3.8, 4) is 0 Å². The average Bonchev–Trinajstić information content (AvgIpc) is 2.99. The van der Waals surface area contributed by atoms with Crippen LogP contribution in [0.4, 0.5) is 0 Å². The third kappa shape index (κ3) is 2.81. The maximum absolute atomic E-state index is 13.0. The second-order valence-electron chi connectivity index (χ2n) is 6.01. The van der Waals surface area contributed by atoms with E-state index < -0.39 is 0 Å². The molecule has 0 saturated carbocycles. The van der Waals surface area contributed by atoms with E-state index in [0.717, 1.165) is 18.4 Å². The molecule has 1 aliphatic heterocycles. The van der Waals surface area contributed by atoms with Gasteiger partial charge >= 0.3 is 0 Å². The van der Waals surface area contributed by atoms with Gasteiger partial charge in [-0.15, -0.1) is 0 Å². The predicted octanol–water partition coefficient (Wildman–Crippen LogP) is 1.81. The van der Waals surface area contributed by atoms with Crippen LogP contribution in [0, 0.1) is 0 Å². The van der Waals surface area contributed by atoms with Crippen LogP contribution in [0.15, 0.2) is 30.6 Å². The van der Waals surface area contributed by atoms with Crippen LogP contribution in [-0.2, 0) is 4.79 Å². The van der Waals surface area contributed by atoms with Crippen molar-refractivity contribution in [3.63, 3.8) is 0 Å². The quantitative estimate of drug-likeness (QED) is 0.865. The fraction of sp³-hybridized carbons (Fsp3) is 0.471. The molecule has 2 amide bonds. The molecule has 122 valence electrons. The fourth-order valence-corrected chi connectivity index (χ4v) is 3.09. The molecule has 3 rings (SSSR count). The van der Waals surface area contributed by atoms with Crippen LogP contribution in [-0.4, -0.2) is 57.4 Å². The van der Waals surface area contributed by atoms with Gasteiger partial charge in [-0.05, 0) is 18.6 Å². The molecule has 2 aromatic heterocycles. The number of pyridine rings is 1. The number of aromatic nitrogens is 2. The summed E-state index contributed by atoms with van der Waals surface area (Å²) in [5.41, 5.74) is 1.34. The van der Waals surface area contributed by atoms with E-state index >= 15 is 0 Å². The minimum Gasteiger partial charge on any atom is -0.342 e. The average molecular weight is 314 g/mol. The van der Waals surface area contributed by atoms with Gasteiger partial charge in [0.15, 0.2) is 0 Å². The van der Waals surface area contributed by atoms with E-state index in [4.69, 9.17) is 0 Å². The van der Waals surface area contributed by atoms with E-state index in [2.05, 4.69) is 12.0 Å². The van der Waals surface area contributed by atoms with Gasteiger partial charge in [-0.2, -0.15) is 5.10 Å². The second kappa shape index (κ2) is 6.40. The van der Waals surface area contributed by atoms with Crippen molar-refractivity contribution in [1.82, 2.24) is 19.4 Å². The first-order valence-corrected chi connectivity index (χ1v) is 8.11. The van der Waals surface area contributed by atoms with Gasteiger partial charge < -0.3 is 9.80 Å². The van der Waals surface area contributed by atoms with Gasteiger partial charge in [0, 0.05) is 26.3 Å². The Balaban J connectivity index is 1.91. The molecule has 1 unspecified atom stereocenters. The molecule has 1 saturated heterocycles. The molecule has 0 aliphatic carbocycles. The lowest BCUT2D eigenvalue weighted by atomic mass is 10.0. The highest BCUT2D eigenvalue weighted by molar-refractivity contribution is 6.03. The summed E-state index contributed by atoms with van der Waals surface area (Å²) in [6.07, 6.45) is 6.06. The monoisotopic (exact) mass is 314 g/mol. The number of carbonyl (C=O) groups is 2. The number of unbranched alkanes of at least 4 members (excludes halogenated alkanes) is 1. The number of likely N-dealkylation sites (N-methyl/N-ethyl adjacent to an activating group) is 1. The molecule has 1 atom stereocenters. The molecule has 0 radical (unpaired) electrons. The van der Waals surface area contributed by atoms with E-state index in [1.165, 1.54) is 0 Å². The highest BCUT2D eigenvalue weighted by atomic mass is 16.2. The molecule has 6 heteroatoms. The van der Waals surface area contributed by atoms with Gasteiger partial charge in [0.2, 0.25) is 5.91 Å². The maximum atomic E-state index is 13.0. The number of carbonyl (C=O) groups excluding carboxylic acids is 2. The zero-order valence-electron chi connectivity index (χ0n) is 13.6. The summed E-state index contributed by atoms with van der Waals surface area (Å²) in [6, 6.07) is 5.27. The molecule has 2 aromatic rings. The number of rotatable bonds is 4. The van der Waals surface area contributed by atoms with Gasteiger partial charge in [-0.1, -0.05) is 25.8 Å². The predicted molar refractivity (Wildman–Crippen MR) is 87.2 cm³/mol. The van der Waals surface area contributed by atoms with Crippen LogP contribution in [0.2, 0.25) is 0 Å². The summed E-state index contributed by atoms with van der Waals surface area (Å²) >= 11 is 0. The van der Waals surface area contributed by atoms with Crippen molar-refractivity contribution in [2.24, 2.45) is 0 Å². The SMILES string of the molecule is CCCCC1C(=O)N(C)CCN1C(=O)c1cnn2ccccc12. The smallest absolute Gasteiger partial charge is 0.258 e. The Morgan fingerprint density at radius 2 is 2.17 bits per heavy atom. The zero-order chi connectivity index (χ0) is 16.4. The zero-order valence-corrected chi connectivity index (χ0v) is 13.6. The first-order valence-electron chi connectivity index (χ1n) is 8.11. The lowest BCUT2D eigenvalue weighted by molar-refractivity contribution is -0.138. The summed E-state index contributed by atoms with van der Waals surface area (Å²) in [7, 11) is 1.80. The largest absolute Gasteiger partial charge is 0.342 e. The van der Waals surface area contributed by atoms with E-state index in [0.29, 0.717) is 25.1 Å². The van der Waals surface area contributed by atoms with Gasteiger partial charge in [0.1, 0.15) is 6.04 Å². The van der Waals surface area contributed by atoms with E-state index in [-0.39, 0.29) is 17.9 Å². The summed E-state index contributed by atoms with van der Waals surface area (Å²) in [5, 5.41) is 4.23. The number of piperazine rings is 1. The standard InChI is InChI=1S/C17H22N4O2/c1-3-4-7-15-17(23)19(2)10-11-20(15)16(22)13-12-18-21-9-6-5-8-14(13)21/h5-6,8-9,12,15H,3-4,7,10-11H2,1-2H3. The van der Waals surface area contributed by atoms with Crippen molar-refractivity contribution < 1.29 is 9.59 Å². The van der Waals surface area contributed by atoms with Crippen LogP contribution < -0.4 is 0 Å². The van der Waals surface area contributed by atoms with Gasteiger partial charge in [-0.3, -0.25) is 9.59 Å². The first kappa shape index (κ1) is 15.5. The molecule has 3 heterocycles. The van der Waals surface area contributed by atoms with Crippen LogP contribution in [0.25, 0.3) is 5.52 Å². The van der Waals surface area contributed by atoms with E-state index in [9.17, 15) is 9.59 Å². The summed E-state index contributed by atoms with van der Waals surface area (Å²) < 4.78 is 1.69. The third-order valence-electron chi connectivity index (χ3n) is 4.46. The van der Waals surface area contributed by atoms with Crippen LogP contribution >= 0.6 is 0 Å². The normalized spacial score (nSPS) is 18.7. The summed E-state index contributed by atoms with van der Waals surface area (Å²) in [4.78, 5) is 28.9. The third-order valence-corrected chi connectivity index (χ3v) is 4.46. The Morgan fingerprint density at radius 1 is 1.35 bits per heavy atom. The Morgan fingerprint density at radius 3 is 2.96 bits per heavy atom. The van der Waals surface area contributed by atoms with E-state index in [1.807, 2.05) is 24.4 Å². The molecule has 0 spiro atoms. The molecular weight excluding hydrogens is 292 g/mol. The highest BCUT2D eigenvalue weighted by Crippen LogP contribution is 2.21. The number of amides is 2. The number of hydrogen-bond donors (Lipinski definition) is 0. The first-order chi connectivity index (χ1) is 11.1. The van der Waals surface area contributed by atoms with Crippen LogP contribution in [0.1, 0.15) is 36.5 Å². The second-order valence-corrected chi connectivity index (χ2v) is 6.01. The van der Waals surface area contributed by atoms with Crippen LogP contribution in [0.3, 0.4) is 0 Å². The number of fused-ring (bicyclic) bond motifs is 1. The molecule has 1 aliphatic rings. The number of nitrogens with zero attached hydrogens (tertiary/aromatic N) is 4. The van der Waals surface area contributed by atoms with Gasteiger partial charge in [0.05, 0.1) is 17.3 Å². The molecule has 0 bridgehead atoms. The van der Waals surface area contributed by atoms with Gasteiger partial charge in [0.25, 0.3) is 5.91 Å². The molecule has 23 heavy (non-hydrogen) atoms. The molecule has 0 N–H and O–H groups in total. The summed E-state index contributed by atoms with van der Waals surface area (Å²) in [6.45, 7) is 3.24. The highest BCUT2D eigenvalue weighted by Gasteiger charge is 2.36. The Hall–Kier alpha value is -2.37. The molecular formula is C17H22N4O2. The lowest BCUT2D eigenvalue weighted by Crippen LogP contribution is -2.57. The Kier molecular flexibility index (Phi) is 4.32. The van der Waals surface area contributed by atoms with Gasteiger partial charge in [-0.25, -0.2) is 4.52 Å². The number of hydrogen-bond acceptors (Lipinski definition) is 3. The Bertz CT molecular complexity index is 724. The van der Waals surface area contributed by atoms with Crippen LogP contribution in [0.5, 0.6) is 0 Å². The maximum Gasteiger partial charge on any atom is 0.258 e. The van der Waals surface area contributed by atoms with E-state index in [1.54, 1.807) is 27.6 Å². The summed E-state index contributed by atoms with van der Waals surface area (Å²) in [5.74, 6) is -0.0664. The van der Waals surface area contributed by atoms with Crippen molar-refractivity contribution >= 4 is 17.3 Å². The molecule has 0 aromatic carbocycles. The minimum absolute atomic E-state index is 0.0366. The fourth-order valence-electron chi connectivity index (χ4n) is 3.09. The van der Waals surface area contributed by atoms with Crippen molar-refractivity contribution in [2.45, 2.75) is 32.2 Å². The molecule has 6 nitrogen and oxygen atoms in total. The van der Waals surface area contributed by atoms with Crippen molar-refractivity contribution in [1.29, 1.82) is 0 Å². The molecule has 1 fully saturated rings. The van der Waals surface area contributed by atoms with Crippen molar-refractivity contribution in [3.05, 3.63) is 36.2 Å². The minimum atomic E-state index is -0.361. The Labute approximate surface area is 135 Å². The topological polar surface area (TPSA) is 57.9 Å². The van der Waals surface area contributed by atoms with Crippen molar-refractivity contribution in [2.75, 3.05) is 20.1 Å².